The lowest BCUT2D eigenvalue weighted by atomic mass is 9.66. The molecule has 0 bridgehead atoms. The van der Waals surface area contributed by atoms with Crippen LogP contribution >= 0.6 is 0 Å². The van der Waals surface area contributed by atoms with Gasteiger partial charge in [0.15, 0.2) is 0 Å². The van der Waals surface area contributed by atoms with Crippen LogP contribution in [-0.4, -0.2) is 48.6 Å². The Balaban J connectivity index is 7.78. The predicted molar refractivity (Wildman–Crippen MR) is 46.4 cm³/mol. The molecular weight excluding hydrogens is 469 g/mol. The minimum absolute atomic E-state index is 7.00. The fourth-order valence-electron chi connectivity index (χ4n) is 2.04. The van der Waals surface area contributed by atoms with E-state index in [1.54, 1.807) is 0 Å². The Hall–Kier alpha value is -1.33. The van der Waals surface area contributed by atoms with Crippen molar-refractivity contribution in [3.63, 3.8) is 0 Å². The van der Waals surface area contributed by atoms with Crippen molar-refractivity contribution >= 4 is 0 Å². The largest absolute Gasteiger partial charge is 0.460 e. The van der Waals surface area contributed by atoms with E-state index in [-0.39, 0.29) is 0 Å². The van der Waals surface area contributed by atoms with Crippen molar-refractivity contribution in [1.29, 1.82) is 0 Å². The Bertz CT molecular complexity index is 518. The van der Waals surface area contributed by atoms with Crippen LogP contribution in [0.4, 0.5) is 83.4 Å². The molecule has 0 nitrogen and oxygen atoms in total. The van der Waals surface area contributed by atoms with Crippen LogP contribution in [0.1, 0.15) is 0 Å². The number of halogens is 19. The second-order valence-corrected chi connectivity index (χ2v) is 4.90. The van der Waals surface area contributed by atoms with Gasteiger partial charge >= 0.3 is 36.6 Å². The van der Waals surface area contributed by atoms with Crippen molar-refractivity contribution in [3.05, 3.63) is 0 Å². The second kappa shape index (κ2) is 6.33. The van der Waals surface area contributed by atoms with Crippen LogP contribution in [0.5, 0.6) is 0 Å². The van der Waals surface area contributed by atoms with E-state index < -0.39 is 54.1 Å². The lowest BCUT2D eigenvalue weighted by Gasteiger charge is -2.50. The topological polar surface area (TPSA) is 0 Å². The van der Waals surface area contributed by atoms with Crippen LogP contribution in [0.2, 0.25) is 0 Å². The summed E-state index contributed by atoms with van der Waals surface area (Å²) in [5.74, 6) is -17.5. The van der Waals surface area contributed by atoms with Gasteiger partial charge in [-0.3, -0.25) is 0 Å². The van der Waals surface area contributed by atoms with E-state index in [0.29, 0.717) is 0 Å². The zero-order valence-corrected chi connectivity index (χ0v) is 11.8. The molecule has 0 saturated carbocycles. The van der Waals surface area contributed by atoms with Crippen LogP contribution < -0.4 is 0 Å². The maximum absolute atomic E-state index is 13.9. The molecule has 0 saturated heterocycles. The summed E-state index contributed by atoms with van der Waals surface area (Å²) in [5.41, 5.74) is -18.0. The fourth-order valence-corrected chi connectivity index (χ4v) is 2.04. The first-order chi connectivity index (χ1) is 11.7. The highest BCUT2D eigenvalue weighted by Crippen LogP contribution is 2.72. The lowest BCUT2D eigenvalue weighted by molar-refractivity contribution is -0.506. The van der Waals surface area contributed by atoms with E-state index in [0.717, 1.165) is 0 Å². The molecule has 0 radical (unpaired) electrons. The molecule has 170 valence electrons. The molecule has 0 N–H and O–H groups in total. The Morgan fingerprint density at radius 1 is 0.357 bits per heavy atom. The van der Waals surface area contributed by atoms with Crippen LogP contribution in [0, 0.1) is 5.41 Å². The zero-order chi connectivity index (χ0) is 23.6. The predicted octanol–water partition coefficient (Wildman–Crippen LogP) is 6.47. The smallest absolute Gasteiger partial charge is 0.229 e. The third-order valence-corrected chi connectivity index (χ3v) is 3.33. The zero-order valence-electron chi connectivity index (χ0n) is 11.8. The van der Waals surface area contributed by atoms with E-state index in [9.17, 15) is 83.4 Å². The summed E-state index contributed by atoms with van der Waals surface area (Å²) in [4.78, 5) is 0. The highest BCUT2D eigenvalue weighted by atomic mass is 19.4. The van der Waals surface area contributed by atoms with Crippen LogP contribution in [-0.2, 0) is 0 Å². The molecule has 0 rings (SSSR count). The standard InChI is InChI=1S/C9HF19/c10-1(11)2(12,4(13,14)5(15,16)9(26,27)28)3(6(17,18)19,7(20,21)22)8(23,24)25/h1H. The molecule has 0 aromatic rings. The van der Waals surface area contributed by atoms with Gasteiger partial charge in [0.25, 0.3) is 17.5 Å². The van der Waals surface area contributed by atoms with Crippen molar-refractivity contribution in [1.82, 2.24) is 0 Å². The number of hydrogen-bond donors (Lipinski definition) is 0. The lowest BCUT2D eigenvalue weighted by Crippen LogP contribution is -2.80. The Kier molecular flexibility index (Phi) is 6.03. The highest BCUT2D eigenvalue weighted by Gasteiger charge is 3.01. The van der Waals surface area contributed by atoms with Gasteiger partial charge < -0.3 is 0 Å². The number of rotatable bonds is 4. The normalized spacial score (nSPS) is 18.4. The average Bonchev–Trinajstić information content (AvgIpc) is 2.30. The average molecular weight is 470 g/mol. The highest BCUT2D eigenvalue weighted by molar-refractivity contribution is 5.22. The van der Waals surface area contributed by atoms with Gasteiger partial charge in [-0.1, -0.05) is 0 Å². The van der Waals surface area contributed by atoms with Crippen molar-refractivity contribution < 1.29 is 83.4 Å². The van der Waals surface area contributed by atoms with Crippen LogP contribution in [0.3, 0.4) is 0 Å². The maximum Gasteiger partial charge on any atom is 0.460 e. The molecule has 0 aliphatic heterocycles. The first kappa shape index (κ1) is 26.7. The van der Waals surface area contributed by atoms with Crippen LogP contribution in [0.25, 0.3) is 0 Å². The van der Waals surface area contributed by atoms with E-state index in [4.69, 9.17) is 0 Å². The van der Waals surface area contributed by atoms with Crippen molar-refractivity contribution in [2.45, 2.75) is 48.6 Å². The molecule has 0 aromatic heterocycles. The van der Waals surface area contributed by atoms with Gasteiger partial charge in [-0.2, -0.15) is 70.2 Å². The van der Waals surface area contributed by atoms with Crippen molar-refractivity contribution in [2.24, 2.45) is 5.41 Å². The first-order valence-corrected chi connectivity index (χ1v) is 5.69. The molecule has 0 amide bonds. The van der Waals surface area contributed by atoms with E-state index in [1.165, 1.54) is 0 Å². The summed E-state index contributed by atoms with van der Waals surface area (Å²) in [7, 11) is 0. The van der Waals surface area contributed by atoms with E-state index >= 15 is 0 Å². The summed E-state index contributed by atoms with van der Waals surface area (Å²) < 4.78 is 240. The van der Waals surface area contributed by atoms with Gasteiger partial charge in [-0.25, -0.2) is 13.2 Å². The molecule has 0 aliphatic carbocycles. The Morgan fingerprint density at radius 2 is 0.607 bits per heavy atom. The van der Waals surface area contributed by atoms with Gasteiger partial charge in [0, 0.05) is 0 Å². The summed E-state index contributed by atoms with van der Waals surface area (Å²) in [6, 6.07) is 0. The monoisotopic (exact) mass is 470 g/mol. The molecule has 0 aliphatic rings. The Morgan fingerprint density at radius 3 is 0.750 bits per heavy atom. The van der Waals surface area contributed by atoms with Crippen molar-refractivity contribution in [3.8, 4) is 0 Å². The molecule has 0 spiro atoms. The van der Waals surface area contributed by atoms with Gasteiger partial charge in [-0.05, 0) is 0 Å². The summed E-state index contributed by atoms with van der Waals surface area (Å²) in [6.45, 7) is 0. The number of hydrogen-bond acceptors (Lipinski definition) is 0. The maximum atomic E-state index is 13.9. The fraction of sp³-hybridized carbons (Fsp3) is 1.00. The van der Waals surface area contributed by atoms with E-state index in [1.807, 2.05) is 0 Å². The van der Waals surface area contributed by atoms with Gasteiger partial charge in [0.1, 0.15) is 0 Å². The van der Waals surface area contributed by atoms with E-state index in [2.05, 4.69) is 0 Å². The third kappa shape index (κ3) is 3.02. The molecule has 1 atom stereocenters. The SMILES string of the molecule is FC(F)C(F)(C(F)(F)C(F)(F)C(F)(F)F)C(C(F)(F)F)(C(F)(F)F)C(F)(F)F. The second-order valence-electron chi connectivity index (χ2n) is 4.90. The van der Waals surface area contributed by atoms with Gasteiger partial charge in [0.2, 0.25) is 0 Å². The molecule has 1 unspecified atom stereocenters. The molecule has 28 heavy (non-hydrogen) atoms. The number of alkyl halides is 19. The minimum Gasteiger partial charge on any atom is -0.229 e. The third-order valence-electron chi connectivity index (χ3n) is 3.33. The quantitative estimate of drug-likeness (QED) is 0.414. The molecule has 19 heteroatoms. The molecule has 0 heterocycles. The molecule has 0 fully saturated rings. The van der Waals surface area contributed by atoms with Gasteiger partial charge in [0.05, 0.1) is 0 Å². The minimum atomic E-state index is -9.05. The molecule has 0 aromatic carbocycles. The summed E-state index contributed by atoms with van der Waals surface area (Å²) in [6.07, 6.45) is -41.0. The Labute approximate surface area is 139 Å². The molecular formula is C9HF19. The van der Waals surface area contributed by atoms with Crippen LogP contribution in [0.15, 0.2) is 0 Å². The van der Waals surface area contributed by atoms with Gasteiger partial charge in [-0.15, -0.1) is 0 Å². The summed E-state index contributed by atoms with van der Waals surface area (Å²) in [5, 5.41) is 0. The summed E-state index contributed by atoms with van der Waals surface area (Å²) >= 11 is 0. The first-order valence-electron chi connectivity index (χ1n) is 5.69. The van der Waals surface area contributed by atoms with Crippen molar-refractivity contribution in [2.75, 3.05) is 0 Å².